The average Bonchev–Trinajstić information content (AvgIpc) is 2.81. The molecule has 10 nitrogen and oxygen atoms in total. The van der Waals surface area contributed by atoms with Gasteiger partial charge in [-0.05, 0) is 61.6 Å². The molecule has 2 aromatic rings. The largest absolute Gasteiger partial charge is 0.482 e. The number of rotatable bonds is 7. The molecule has 4 rings (SSSR count). The van der Waals surface area contributed by atoms with E-state index in [0.717, 1.165) is 11.1 Å². The number of aliphatic hydroxyl groups is 1. The van der Waals surface area contributed by atoms with Gasteiger partial charge in [0.1, 0.15) is 16.6 Å². The van der Waals surface area contributed by atoms with Crippen LogP contribution in [0.1, 0.15) is 30.2 Å². The van der Waals surface area contributed by atoms with Crippen molar-refractivity contribution in [1.29, 1.82) is 0 Å². The average molecular weight is 491 g/mol. The Morgan fingerprint density at radius 3 is 2.85 bits per heavy atom. The zero-order chi connectivity index (χ0) is 24.3. The van der Waals surface area contributed by atoms with Crippen LogP contribution >= 0.6 is 11.6 Å². The number of hydrogen-bond donors (Lipinski definition) is 2. The number of pyridine rings is 1. The number of aryl methyl sites for hydroxylation is 1. The molecule has 11 heteroatoms. The van der Waals surface area contributed by atoms with Crippen LogP contribution in [0.3, 0.4) is 0 Å². The molecule has 3 unspecified atom stereocenters. The molecule has 0 radical (unpaired) electrons. The van der Waals surface area contributed by atoms with E-state index in [1.165, 1.54) is 18.2 Å². The van der Waals surface area contributed by atoms with Gasteiger partial charge in [-0.25, -0.2) is 19.4 Å². The number of carbonyl (C=O) groups is 3. The Hall–Kier alpha value is -3.21. The van der Waals surface area contributed by atoms with Crippen molar-refractivity contribution in [3.05, 3.63) is 58.4 Å². The molecule has 34 heavy (non-hydrogen) atoms. The number of benzene rings is 1. The van der Waals surface area contributed by atoms with Crippen LogP contribution in [0.4, 0.5) is 0 Å². The highest BCUT2D eigenvalue weighted by atomic mass is 35.5. The molecular weight excluding hydrogens is 468 g/mol. The van der Waals surface area contributed by atoms with Gasteiger partial charge in [0.15, 0.2) is 6.61 Å². The van der Waals surface area contributed by atoms with Gasteiger partial charge >= 0.3 is 23.7 Å². The van der Waals surface area contributed by atoms with E-state index < -0.39 is 29.9 Å². The normalized spacial score (nSPS) is 24.0. The zero-order valence-corrected chi connectivity index (χ0v) is 19.0. The Kier molecular flexibility index (Phi) is 7.01. The van der Waals surface area contributed by atoms with Crippen LogP contribution in [-0.2, 0) is 47.2 Å². The lowest BCUT2D eigenvalue weighted by atomic mass is 9.87. The Morgan fingerprint density at radius 1 is 1.26 bits per heavy atom. The molecule has 0 spiro atoms. The van der Waals surface area contributed by atoms with E-state index in [4.69, 9.17) is 30.5 Å². The number of ether oxygens (including phenoxy) is 4. The van der Waals surface area contributed by atoms with Crippen LogP contribution in [0.5, 0.6) is 5.75 Å². The minimum atomic E-state index is -2.36. The predicted molar refractivity (Wildman–Crippen MR) is 117 cm³/mol. The highest BCUT2D eigenvalue weighted by Crippen LogP contribution is 2.33. The molecule has 2 N–H and O–H groups in total. The van der Waals surface area contributed by atoms with Crippen LogP contribution in [-0.4, -0.2) is 53.5 Å². The number of carbonyl (C=O) groups excluding carboxylic acids is 3. The summed E-state index contributed by atoms with van der Waals surface area (Å²) in [6.45, 7) is 1.80. The van der Waals surface area contributed by atoms with E-state index in [9.17, 15) is 19.5 Å². The maximum Gasteiger partial charge on any atom is 0.420 e. The Labute approximate surface area is 200 Å². The highest BCUT2D eigenvalue weighted by Gasteiger charge is 2.53. The van der Waals surface area contributed by atoms with Crippen LogP contribution in [0, 0.1) is 0 Å². The summed E-state index contributed by atoms with van der Waals surface area (Å²) < 4.78 is 20.6. The Bertz CT molecular complexity index is 1110. The molecule has 1 saturated heterocycles. The molecule has 2 heterocycles. The van der Waals surface area contributed by atoms with Crippen LogP contribution in [0.2, 0.25) is 5.15 Å². The zero-order valence-electron chi connectivity index (χ0n) is 18.3. The first kappa shape index (κ1) is 23.9. The maximum absolute atomic E-state index is 11.9. The number of halogens is 1. The van der Waals surface area contributed by atoms with E-state index in [1.807, 2.05) is 12.1 Å². The van der Waals surface area contributed by atoms with Gasteiger partial charge in [-0.2, -0.15) is 0 Å². The van der Waals surface area contributed by atoms with Crippen molar-refractivity contribution in [3.8, 4) is 5.75 Å². The van der Waals surface area contributed by atoms with E-state index in [1.54, 1.807) is 13.0 Å². The van der Waals surface area contributed by atoms with Crippen molar-refractivity contribution < 1.29 is 38.4 Å². The number of aromatic nitrogens is 1. The molecule has 180 valence electrons. The fraction of sp³-hybridized carbons (Fsp3) is 0.391. The molecule has 1 aliphatic heterocycles. The SMILES string of the molecule is CCOC(=O)COc1ccc2c(c1)CC(NC1OC(=O)C(=O)OC1(O)c1cccc(Cl)n1)CC2. The first-order valence-electron chi connectivity index (χ1n) is 10.7. The second kappa shape index (κ2) is 9.96. The molecule has 1 aromatic carbocycles. The fourth-order valence-corrected chi connectivity index (χ4v) is 4.10. The summed E-state index contributed by atoms with van der Waals surface area (Å²) >= 11 is 5.93. The summed E-state index contributed by atoms with van der Waals surface area (Å²) in [5.74, 6) is -4.86. The lowest BCUT2D eigenvalue weighted by Gasteiger charge is -2.39. The lowest BCUT2D eigenvalue weighted by molar-refractivity contribution is -0.289. The van der Waals surface area contributed by atoms with Crippen LogP contribution < -0.4 is 10.1 Å². The lowest BCUT2D eigenvalue weighted by Crippen LogP contribution is -2.61. The summed E-state index contributed by atoms with van der Waals surface area (Å²) in [6.07, 6.45) is 0.474. The van der Waals surface area contributed by atoms with Gasteiger partial charge in [-0.3, -0.25) is 5.32 Å². The fourth-order valence-electron chi connectivity index (χ4n) is 3.94. The van der Waals surface area contributed by atoms with Crippen molar-refractivity contribution >= 4 is 29.5 Å². The molecule has 1 fully saturated rings. The number of cyclic esters (lactones) is 2. The number of fused-ring (bicyclic) bond motifs is 1. The minimum Gasteiger partial charge on any atom is -0.482 e. The highest BCUT2D eigenvalue weighted by molar-refractivity contribution is 6.30. The van der Waals surface area contributed by atoms with E-state index >= 15 is 0 Å². The monoisotopic (exact) mass is 490 g/mol. The van der Waals surface area contributed by atoms with Crippen LogP contribution in [0.25, 0.3) is 0 Å². The molecule has 0 saturated carbocycles. The topological polar surface area (TPSA) is 133 Å². The van der Waals surface area contributed by atoms with Crippen molar-refractivity contribution in [2.24, 2.45) is 0 Å². The van der Waals surface area contributed by atoms with Crippen molar-refractivity contribution in [1.82, 2.24) is 10.3 Å². The molecule has 1 aromatic heterocycles. The van der Waals surface area contributed by atoms with E-state index in [0.29, 0.717) is 25.0 Å². The molecule has 1 aliphatic carbocycles. The van der Waals surface area contributed by atoms with Gasteiger partial charge in [-0.1, -0.05) is 23.7 Å². The summed E-state index contributed by atoms with van der Waals surface area (Å²) in [6, 6.07) is 9.74. The van der Waals surface area contributed by atoms with Crippen molar-refractivity contribution in [2.45, 2.75) is 44.2 Å². The third-order valence-electron chi connectivity index (χ3n) is 5.53. The number of nitrogens with zero attached hydrogens (tertiary/aromatic N) is 1. The third kappa shape index (κ3) is 5.14. The molecular formula is C23H23ClN2O8. The Balaban J connectivity index is 1.50. The smallest absolute Gasteiger partial charge is 0.420 e. The van der Waals surface area contributed by atoms with E-state index in [2.05, 4.69) is 10.3 Å². The van der Waals surface area contributed by atoms with Gasteiger partial charge in [-0.15, -0.1) is 0 Å². The number of nitrogens with one attached hydrogen (secondary N) is 1. The van der Waals surface area contributed by atoms with Gasteiger partial charge in [0.05, 0.1) is 6.61 Å². The molecule has 2 aliphatic rings. The first-order valence-corrected chi connectivity index (χ1v) is 11.1. The summed E-state index contributed by atoms with van der Waals surface area (Å²) in [5, 5.41) is 14.3. The predicted octanol–water partition coefficient (Wildman–Crippen LogP) is 1.40. The van der Waals surface area contributed by atoms with Gasteiger partial charge in [0, 0.05) is 6.04 Å². The number of hydrogen-bond acceptors (Lipinski definition) is 10. The second-order valence-electron chi connectivity index (χ2n) is 7.85. The summed E-state index contributed by atoms with van der Waals surface area (Å²) in [5.41, 5.74) is 2.00. The summed E-state index contributed by atoms with van der Waals surface area (Å²) in [4.78, 5) is 39.3. The number of esters is 3. The van der Waals surface area contributed by atoms with Crippen LogP contribution in [0.15, 0.2) is 36.4 Å². The molecule has 3 atom stereocenters. The Morgan fingerprint density at radius 2 is 2.09 bits per heavy atom. The second-order valence-corrected chi connectivity index (χ2v) is 8.23. The van der Waals surface area contributed by atoms with Gasteiger partial charge in [0.2, 0.25) is 6.23 Å². The summed E-state index contributed by atoms with van der Waals surface area (Å²) in [7, 11) is 0. The quantitative estimate of drug-likeness (QED) is 0.254. The standard InChI is InChI=1S/C23H23ClN2O8/c1-2-31-19(27)12-32-16-9-7-13-6-8-15(10-14(13)11-16)25-22-23(30,34-21(29)20(28)33-22)17-4-3-5-18(24)26-17/h3-5,7,9,11,15,22,25,30H,2,6,8,10,12H2,1H3. The van der Waals surface area contributed by atoms with Crippen molar-refractivity contribution in [3.63, 3.8) is 0 Å². The third-order valence-corrected chi connectivity index (χ3v) is 5.74. The molecule has 0 amide bonds. The molecule has 0 bridgehead atoms. The van der Waals surface area contributed by atoms with Gasteiger partial charge < -0.3 is 24.1 Å². The first-order chi connectivity index (χ1) is 16.3. The van der Waals surface area contributed by atoms with E-state index in [-0.39, 0.29) is 30.1 Å². The van der Waals surface area contributed by atoms with Gasteiger partial charge in [0.25, 0.3) is 0 Å². The maximum atomic E-state index is 11.9. The minimum absolute atomic E-state index is 0.0690. The van der Waals surface area contributed by atoms with Crippen molar-refractivity contribution in [2.75, 3.05) is 13.2 Å².